The van der Waals surface area contributed by atoms with E-state index in [9.17, 15) is 14.9 Å². The van der Waals surface area contributed by atoms with Crippen LogP contribution in [-0.2, 0) is 4.79 Å². The lowest BCUT2D eigenvalue weighted by Crippen LogP contribution is -2.42. The van der Waals surface area contributed by atoms with Gasteiger partial charge in [-0.25, -0.2) is 0 Å². The van der Waals surface area contributed by atoms with E-state index in [1.165, 1.54) is 6.92 Å². The van der Waals surface area contributed by atoms with Crippen LogP contribution in [0.5, 0.6) is 0 Å². The van der Waals surface area contributed by atoms with Crippen molar-refractivity contribution in [2.24, 2.45) is 0 Å². The summed E-state index contributed by atoms with van der Waals surface area (Å²) in [7, 11) is 0. The molecule has 0 radical (unpaired) electrons. The number of nitrogens with zero attached hydrogens (tertiary/aromatic N) is 1. The molecule has 98 valence electrons. The summed E-state index contributed by atoms with van der Waals surface area (Å²) < 4.78 is -1.68. The van der Waals surface area contributed by atoms with Crippen LogP contribution in [0.25, 0.3) is 0 Å². The van der Waals surface area contributed by atoms with Gasteiger partial charge in [0.2, 0.25) is 5.91 Å². The van der Waals surface area contributed by atoms with E-state index in [0.717, 1.165) is 0 Å². The van der Waals surface area contributed by atoms with Crippen molar-refractivity contribution in [1.29, 1.82) is 0 Å². The maximum absolute atomic E-state index is 11.2. The lowest BCUT2D eigenvalue weighted by atomic mass is 10.1. The van der Waals surface area contributed by atoms with Gasteiger partial charge in [-0.1, -0.05) is 23.7 Å². The number of carbonyl (C=O) groups excluding carboxylic acids is 1. The first kappa shape index (κ1) is 15.4. The van der Waals surface area contributed by atoms with Gasteiger partial charge in [0.15, 0.2) is 0 Å². The third-order valence-corrected chi connectivity index (χ3v) is 3.89. The molecule has 0 spiro atoms. The fourth-order valence-electron chi connectivity index (χ4n) is 1.33. The summed E-state index contributed by atoms with van der Waals surface area (Å²) >= 11 is 11.7. The number of benzene rings is 1. The molecule has 1 atom stereocenters. The molecule has 0 saturated heterocycles. The minimum Gasteiger partial charge on any atom is -0.341 e. The van der Waals surface area contributed by atoms with Crippen molar-refractivity contribution in [2.45, 2.75) is 16.3 Å². The number of alkyl halides is 2. The fourth-order valence-corrected chi connectivity index (χ4v) is 2.22. The zero-order chi connectivity index (χ0) is 13.9. The summed E-state index contributed by atoms with van der Waals surface area (Å²) in [5, 5.41) is 14.0. The van der Waals surface area contributed by atoms with Gasteiger partial charge in [-0.05, 0) is 17.7 Å². The lowest BCUT2D eigenvalue weighted by molar-refractivity contribution is -0.509. The van der Waals surface area contributed by atoms with Gasteiger partial charge < -0.3 is 5.32 Å². The Morgan fingerprint density at radius 3 is 2.33 bits per heavy atom. The SMILES string of the molecule is CC(=O)N[C@H](c1ccc(Cl)cc1)C(Br)(Br)[N+](=O)[O-]. The number of nitro groups is 1. The molecule has 1 aromatic rings. The molecule has 18 heavy (non-hydrogen) atoms. The van der Waals surface area contributed by atoms with Crippen molar-refractivity contribution in [1.82, 2.24) is 5.32 Å². The average Bonchev–Trinajstić information content (AvgIpc) is 2.26. The number of rotatable bonds is 4. The monoisotopic (exact) mass is 398 g/mol. The normalized spacial score (nSPS) is 12.9. The van der Waals surface area contributed by atoms with E-state index in [4.69, 9.17) is 11.6 Å². The van der Waals surface area contributed by atoms with Crippen molar-refractivity contribution in [2.75, 3.05) is 0 Å². The quantitative estimate of drug-likeness (QED) is 0.365. The van der Waals surface area contributed by atoms with Crippen LogP contribution in [0.1, 0.15) is 18.5 Å². The van der Waals surface area contributed by atoms with Crippen LogP contribution < -0.4 is 5.32 Å². The number of amides is 1. The van der Waals surface area contributed by atoms with Gasteiger partial charge in [0.05, 0.1) is 4.92 Å². The van der Waals surface area contributed by atoms with Gasteiger partial charge in [-0.15, -0.1) is 0 Å². The van der Waals surface area contributed by atoms with E-state index >= 15 is 0 Å². The van der Waals surface area contributed by atoms with Crippen molar-refractivity contribution in [3.05, 3.63) is 45.0 Å². The third-order valence-electron chi connectivity index (χ3n) is 2.14. The topological polar surface area (TPSA) is 72.2 Å². The standard InChI is InChI=1S/C10H9Br2ClN2O3/c1-6(16)14-9(10(11,12)15(17)18)7-2-4-8(13)5-3-7/h2-5,9H,1H3,(H,14,16)/t9-/m1/s1. The first-order valence-electron chi connectivity index (χ1n) is 4.80. The molecule has 0 bridgehead atoms. The maximum atomic E-state index is 11.2. The van der Waals surface area contributed by atoms with Crippen LogP contribution in [-0.4, -0.2) is 14.2 Å². The summed E-state index contributed by atoms with van der Waals surface area (Å²) in [6.45, 7) is 1.29. The lowest BCUT2D eigenvalue weighted by Gasteiger charge is -2.24. The molecule has 0 aliphatic carbocycles. The Hall–Kier alpha value is -0.660. The predicted molar refractivity (Wildman–Crippen MR) is 75.6 cm³/mol. The Morgan fingerprint density at radius 1 is 1.44 bits per heavy atom. The van der Waals surface area contributed by atoms with E-state index < -0.39 is 14.3 Å². The van der Waals surface area contributed by atoms with E-state index in [1.54, 1.807) is 24.3 Å². The summed E-state index contributed by atoms with van der Waals surface area (Å²) in [6, 6.07) is 5.55. The minimum absolute atomic E-state index is 0.375. The van der Waals surface area contributed by atoms with Gasteiger partial charge in [0.1, 0.15) is 6.04 Å². The predicted octanol–water partition coefficient (Wildman–Crippen LogP) is 3.24. The first-order chi connectivity index (χ1) is 8.25. The third kappa shape index (κ3) is 3.66. The van der Waals surface area contributed by atoms with Crippen LogP contribution >= 0.6 is 43.5 Å². The molecule has 1 amide bonds. The minimum atomic E-state index is -1.68. The van der Waals surface area contributed by atoms with E-state index in [2.05, 4.69) is 37.2 Å². The van der Waals surface area contributed by atoms with Gasteiger partial charge in [0, 0.05) is 43.8 Å². The Labute approximate surface area is 125 Å². The molecule has 0 fully saturated rings. The highest BCUT2D eigenvalue weighted by Crippen LogP contribution is 2.40. The molecule has 0 aliphatic heterocycles. The first-order valence-corrected chi connectivity index (χ1v) is 6.76. The second kappa shape index (κ2) is 5.99. The summed E-state index contributed by atoms with van der Waals surface area (Å²) in [5.74, 6) is -0.375. The molecule has 0 aromatic heterocycles. The number of nitrogens with one attached hydrogen (secondary N) is 1. The Morgan fingerprint density at radius 2 is 1.94 bits per heavy atom. The molecule has 1 rings (SSSR count). The molecular weight excluding hydrogens is 391 g/mol. The zero-order valence-electron chi connectivity index (χ0n) is 9.19. The van der Waals surface area contributed by atoms with Crippen LogP contribution in [0.4, 0.5) is 0 Å². The number of hydrogen-bond donors (Lipinski definition) is 1. The molecule has 8 heteroatoms. The highest BCUT2D eigenvalue weighted by Gasteiger charge is 2.47. The summed E-state index contributed by atoms with van der Waals surface area (Å²) in [5.41, 5.74) is 0.556. The van der Waals surface area contributed by atoms with Crippen LogP contribution in [0.2, 0.25) is 5.02 Å². The Bertz CT molecular complexity index is 465. The number of carbonyl (C=O) groups is 1. The number of hydrogen-bond acceptors (Lipinski definition) is 3. The van der Waals surface area contributed by atoms with Gasteiger partial charge >= 0.3 is 3.36 Å². The highest BCUT2D eigenvalue weighted by molar-refractivity contribution is 9.25. The maximum Gasteiger partial charge on any atom is 0.350 e. The van der Waals surface area contributed by atoms with Crippen molar-refractivity contribution < 1.29 is 9.72 Å². The van der Waals surface area contributed by atoms with Crippen molar-refractivity contribution >= 4 is 49.4 Å². The molecular formula is C10H9Br2ClN2O3. The second-order valence-corrected chi connectivity index (χ2v) is 7.45. The van der Waals surface area contributed by atoms with Crippen LogP contribution in [0.15, 0.2) is 24.3 Å². The van der Waals surface area contributed by atoms with Gasteiger partial charge in [0.25, 0.3) is 0 Å². The molecule has 0 unspecified atom stereocenters. The molecule has 0 heterocycles. The fraction of sp³-hybridized carbons (Fsp3) is 0.300. The van der Waals surface area contributed by atoms with Crippen molar-refractivity contribution in [3.8, 4) is 0 Å². The number of halogens is 3. The van der Waals surface area contributed by atoms with E-state index in [0.29, 0.717) is 10.6 Å². The molecule has 1 aromatic carbocycles. The van der Waals surface area contributed by atoms with Gasteiger partial charge in [-0.2, -0.15) is 0 Å². The van der Waals surface area contributed by atoms with Gasteiger partial charge in [-0.3, -0.25) is 14.9 Å². The summed E-state index contributed by atoms with van der Waals surface area (Å²) in [4.78, 5) is 21.6. The Kier molecular flexibility index (Phi) is 5.12. The van der Waals surface area contributed by atoms with Crippen LogP contribution in [0, 0.1) is 10.1 Å². The van der Waals surface area contributed by atoms with Crippen LogP contribution in [0.3, 0.4) is 0 Å². The zero-order valence-corrected chi connectivity index (χ0v) is 13.1. The average molecular weight is 400 g/mol. The van der Waals surface area contributed by atoms with E-state index in [1.807, 2.05) is 0 Å². The molecule has 5 nitrogen and oxygen atoms in total. The smallest absolute Gasteiger partial charge is 0.341 e. The molecule has 1 N–H and O–H groups in total. The Balaban J connectivity index is 3.17. The molecule has 0 saturated carbocycles. The largest absolute Gasteiger partial charge is 0.350 e. The van der Waals surface area contributed by atoms with E-state index in [-0.39, 0.29) is 5.91 Å². The second-order valence-electron chi connectivity index (χ2n) is 3.53. The van der Waals surface area contributed by atoms with Crippen molar-refractivity contribution in [3.63, 3.8) is 0 Å². The summed E-state index contributed by atoms with van der Waals surface area (Å²) in [6.07, 6.45) is 0. The molecule has 0 aliphatic rings. The highest BCUT2D eigenvalue weighted by atomic mass is 79.9.